The van der Waals surface area contributed by atoms with Crippen molar-refractivity contribution in [3.8, 4) is 5.75 Å². The predicted octanol–water partition coefficient (Wildman–Crippen LogP) is 3.18. The van der Waals surface area contributed by atoms with Gasteiger partial charge >= 0.3 is 6.03 Å². The molecular weight excluding hydrogens is 372 g/mol. The Bertz CT molecular complexity index is 855. The highest BCUT2D eigenvalue weighted by Gasteiger charge is 2.57. The Morgan fingerprint density at radius 3 is 2.54 bits per heavy atom. The Labute approximate surface area is 147 Å². The largest absolute Gasteiger partial charge is 0.482 e. The maximum Gasteiger partial charge on any atom is 0.322 e. The van der Waals surface area contributed by atoms with E-state index in [0.29, 0.717) is 17.7 Å². The van der Waals surface area contributed by atoms with Crippen LogP contribution in [-0.2, 0) is 15.9 Å². The molecule has 2 unspecified atom stereocenters. The molecule has 6 heteroatoms. The molecule has 122 valence electrons. The number of fused-ring (bicyclic) bond motifs is 2. The number of benzene rings is 2. The monoisotopic (exact) mass is 386 g/mol. The molecule has 0 aromatic heterocycles. The summed E-state index contributed by atoms with van der Waals surface area (Å²) in [4.78, 5) is 24.6. The highest BCUT2D eigenvalue weighted by atomic mass is 79.9. The number of hydrogen-bond acceptors (Lipinski definition) is 3. The van der Waals surface area contributed by atoms with Crippen LogP contribution in [0.2, 0.25) is 0 Å². The fraction of sp³-hybridized carbons (Fsp3) is 0.222. The summed E-state index contributed by atoms with van der Waals surface area (Å²) in [5, 5.41) is 5.19. The van der Waals surface area contributed by atoms with Crippen molar-refractivity contribution >= 4 is 27.9 Å². The molecule has 2 heterocycles. The normalized spacial score (nSPS) is 28.1. The summed E-state index contributed by atoms with van der Waals surface area (Å²) in [6, 6.07) is 14.7. The summed E-state index contributed by atoms with van der Waals surface area (Å²) in [6.07, 6.45) is 0.311. The number of carbonyl (C=O) groups excluding carboxylic acids is 2. The Hall–Kier alpha value is -2.34. The maximum atomic E-state index is 12.7. The number of carbonyl (C=O) groups is 2. The van der Waals surface area contributed by atoms with E-state index in [1.54, 1.807) is 0 Å². The van der Waals surface area contributed by atoms with Gasteiger partial charge in [0, 0.05) is 16.5 Å². The predicted molar refractivity (Wildman–Crippen MR) is 91.5 cm³/mol. The molecule has 2 aromatic rings. The SMILES string of the molecule is CC1(c2ccccc2)CC2(NC(=O)NC2=O)c2cc(Br)ccc2O1. The van der Waals surface area contributed by atoms with E-state index in [4.69, 9.17) is 4.74 Å². The molecule has 0 saturated carbocycles. The zero-order chi connectivity index (χ0) is 16.9. The summed E-state index contributed by atoms with van der Waals surface area (Å²) in [7, 11) is 0. The summed E-state index contributed by atoms with van der Waals surface area (Å²) in [6.45, 7) is 1.94. The van der Waals surface area contributed by atoms with Gasteiger partial charge in [0.05, 0.1) is 0 Å². The van der Waals surface area contributed by atoms with Crippen molar-refractivity contribution in [2.45, 2.75) is 24.5 Å². The lowest BCUT2D eigenvalue weighted by atomic mass is 9.74. The van der Waals surface area contributed by atoms with Gasteiger partial charge < -0.3 is 10.1 Å². The van der Waals surface area contributed by atoms with Crippen LogP contribution in [-0.4, -0.2) is 11.9 Å². The first-order valence-corrected chi connectivity index (χ1v) is 8.40. The number of halogens is 1. The first-order valence-electron chi connectivity index (χ1n) is 7.61. The van der Waals surface area contributed by atoms with Crippen LogP contribution in [0.4, 0.5) is 4.79 Å². The first kappa shape index (κ1) is 15.2. The minimum Gasteiger partial charge on any atom is -0.482 e. The molecule has 1 spiro atoms. The van der Waals surface area contributed by atoms with E-state index >= 15 is 0 Å². The van der Waals surface area contributed by atoms with Crippen molar-refractivity contribution in [2.24, 2.45) is 0 Å². The van der Waals surface area contributed by atoms with Crippen molar-refractivity contribution in [2.75, 3.05) is 0 Å². The second-order valence-corrected chi connectivity index (χ2v) is 7.25. The zero-order valence-corrected chi connectivity index (χ0v) is 14.5. The number of hydrogen-bond donors (Lipinski definition) is 2. The molecule has 3 amide bonds. The Balaban J connectivity index is 1.92. The molecule has 24 heavy (non-hydrogen) atoms. The van der Waals surface area contributed by atoms with E-state index in [1.165, 1.54) is 0 Å². The fourth-order valence-electron chi connectivity index (χ4n) is 3.56. The second-order valence-electron chi connectivity index (χ2n) is 6.33. The molecule has 2 aliphatic heterocycles. The van der Waals surface area contributed by atoms with Gasteiger partial charge in [0.25, 0.3) is 5.91 Å². The van der Waals surface area contributed by atoms with Crippen molar-refractivity contribution in [1.29, 1.82) is 0 Å². The molecule has 2 N–H and O–H groups in total. The third kappa shape index (κ3) is 2.13. The second kappa shape index (κ2) is 5.08. The van der Waals surface area contributed by atoms with Gasteiger partial charge in [-0.1, -0.05) is 46.3 Å². The third-order valence-electron chi connectivity index (χ3n) is 4.67. The average Bonchev–Trinajstić information content (AvgIpc) is 2.83. The molecule has 1 saturated heterocycles. The zero-order valence-electron chi connectivity index (χ0n) is 12.9. The van der Waals surface area contributed by atoms with Crippen LogP contribution >= 0.6 is 15.9 Å². The van der Waals surface area contributed by atoms with Gasteiger partial charge in [-0.2, -0.15) is 0 Å². The van der Waals surface area contributed by atoms with Gasteiger partial charge in [0.15, 0.2) is 5.54 Å². The number of nitrogens with one attached hydrogen (secondary N) is 2. The van der Waals surface area contributed by atoms with Crippen molar-refractivity contribution in [1.82, 2.24) is 10.6 Å². The first-order chi connectivity index (χ1) is 11.4. The molecule has 0 radical (unpaired) electrons. The van der Waals surface area contributed by atoms with Crippen LogP contribution < -0.4 is 15.4 Å². The van der Waals surface area contributed by atoms with E-state index < -0.39 is 17.2 Å². The fourth-order valence-corrected chi connectivity index (χ4v) is 3.92. The summed E-state index contributed by atoms with van der Waals surface area (Å²) in [5.41, 5.74) is -0.267. The lowest BCUT2D eigenvalue weighted by molar-refractivity contribution is -0.128. The molecule has 0 aliphatic carbocycles. The number of ether oxygens (including phenoxy) is 1. The molecule has 2 atom stereocenters. The molecule has 2 aliphatic rings. The molecule has 0 bridgehead atoms. The van der Waals surface area contributed by atoms with E-state index in [1.807, 2.05) is 55.5 Å². The minimum absolute atomic E-state index is 0.311. The summed E-state index contributed by atoms with van der Waals surface area (Å²) < 4.78 is 7.10. The number of amides is 3. The highest BCUT2D eigenvalue weighted by Crippen LogP contribution is 2.49. The summed E-state index contributed by atoms with van der Waals surface area (Å²) in [5.74, 6) is 0.241. The Morgan fingerprint density at radius 1 is 1.12 bits per heavy atom. The number of urea groups is 1. The van der Waals surface area contributed by atoms with Gasteiger partial charge in [0.2, 0.25) is 0 Å². The highest BCUT2D eigenvalue weighted by molar-refractivity contribution is 9.10. The summed E-state index contributed by atoms with van der Waals surface area (Å²) >= 11 is 3.43. The van der Waals surface area contributed by atoms with Gasteiger partial charge in [-0.3, -0.25) is 10.1 Å². The van der Waals surface area contributed by atoms with Crippen LogP contribution in [0.25, 0.3) is 0 Å². The number of imide groups is 1. The van der Waals surface area contributed by atoms with E-state index in [9.17, 15) is 9.59 Å². The third-order valence-corrected chi connectivity index (χ3v) is 5.16. The Kier molecular flexibility index (Phi) is 3.22. The van der Waals surface area contributed by atoms with Crippen molar-refractivity contribution < 1.29 is 14.3 Å². The van der Waals surface area contributed by atoms with E-state index in [0.717, 1.165) is 10.0 Å². The topological polar surface area (TPSA) is 67.4 Å². The van der Waals surface area contributed by atoms with Crippen LogP contribution in [0.15, 0.2) is 53.0 Å². The quantitative estimate of drug-likeness (QED) is 0.739. The maximum absolute atomic E-state index is 12.7. The molecule has 5 nitrogen and oxygen atoms in total. The standard InChI is InChI=1S/C18H15BrN2O3/c1-17(11-5-3-2-4-6-11)10-18(15(22)20-16(23)21-18)13-9-12(19)7-8-14(13)24-17/h2-9H,10H2,1H3,(H2,20,21,22,23). The lowest BCUT2D eigenvalue weighted by Gasteiger charge is -2.44. The van der Waals surface area contributed by atoms with Crippen LogP contribution in [0.3, 0.4) is 0 Å². The van der Waals surface area contributed by atoms with Gasteiger partial charge in [-0.15, -0.1) is 0 Å². The molecule has 2 aromatic carbocycles. The van der Waals surface area contributed by atoms with Gasteiger partial charge in [-0.05, 0) is 30.7 Å². The van der Waals surface area contributed by atoms with Crippen LogP contribution in [0, 0.1) is 0 Å². The minimum atomic E-state index is -1.14. The van der Waals surface area contributed by atoms with Crippen LogP contribution in [0.1, 0.15) is 24.5 Å². The smallest absolute Gasteiger partial charge is 0.322 e. The van der Waals surface area contributed by atoms with Crippen molar-refractivity contribution in [3.63, 3.8) is 0 Å². The average molecular weight is 387 g/mol. The van der Waals surface area contributed by atoms with E-state index in [2.05, 4.69) is 26.6 Å². The lowest BCUT2D eigenvalue weighted by Crippen LogP contribution is -2.53. The number of rotatable bonds is 1. The Morgan fingerprint density at radius 2 is 1.88 bits per heavy atom. The van der Waals surface area contributed by atoms with Crippen LogP contribution in [0.5, 0.6) is 5.75 Å². The van der Waals surface area contributed by atoms with Gasteiger partial charge in [0.1, 0.15) is 11.4 Å². The molecular formula is C18H15BrN2O3. The molecule has 1 fully saturated rings. The molecule has 4 rings (SSSR count). The van der Waals surface area contributed by atoms with E-state index in [-0.39, 0.29) is 5.91 Å². The van der Waals surface area contributed by atoms with Crippen molar-refractivity contribution in [3.05, 3.63) is 64.1 Å². The van der Waals surface area contributed by atoms with Gasteiger partial charge in [-0.25, -0.2) is 4.79 Å².